The molecule has 18 heavy (non-hydrogen) atoms. The summed E-state index contributed by atoms with van der Waals surface area (Å²) in [6.45, 7) is 0. The third-order valence-electron chi connectivity index (χ3n) is 2.47. The number of benzene rings is 1. The van der Waals surface area contributed by atoms with E-state index in [1.807, 2.05) is 41.8 Å². The summed E-state index contributed by atoms with van der Waals surface area (Å²) >= 11 is 1.64. The van der Waals surface area contributed by atoms with Crippen molar-refractivity contribution in [2.45, 2.75) is 0 Å². The number of methoxy groups -OCH3 is 1. The van der Waals surface area contributed by atoms with Crippen LogP contribution in [-0.2, 0) is 10.8 Å². The van der Waals surface area contributed by atoms with Crippen LogP contribution in [0.4, 0.5) is 0 Å². The lowest BCUT2D eigenvalue weighted by molar-refractivity contribution is 0.415. The summed E-state index contributed by atoms with van der Waals surface area (Å²) in [5, 5.41) is 3.80. The molecule has 1 aromatic carbocycles. The zero-order valence-electron chi connectivity index (χ0n) is 10.3. The van der Waals surface area contributed by atoms with Gasteiger partial charge in [0, 0.05) is 32.9 Å². The first kappa shape index (κ1) is 13.1. The van der Waals surface area contributed by atoms with Crippen molar-refractivity contribution in [2.24, 2.45) is 0 Å². The molecule has 2 aromatic rings. The van der Waals surface area contributed by atoms with Crippen LogP contribution < -0.4 is 4.74 Å². The third kappa shape index (κ3) is 3.09. The van der Waals surface area contributed by atoms with Gasteiger partial charge < -0.3 is 4.74 Å². The summed E-state index contributed by atoms with van der Waals surface area (Å²) in [4.78, 5) is 1.12. The molecule has 1 heterocycles. The fourth-order valence-electron chi connectivity index (χ4n) is 1.64. The monoisotopic (exact) mass is 278 g/mol. The lowest BCUT2D eigenvalue weighted by Gasteiger charge is -2.06. The summed E-state index contributed by atoms with van der Waals surface area (Å²) in [6.07, 6.45) is 1.68. The van der Waals surface area contributed by atoms with Crippen molar-refractivity contribution in [3.63, 3.8) is 0 Å². The van der Waals surface area contributed by atoms with Gasteiger partial charge in [-0.1, -0.05) is 18.2 Å². The number of ether oxygens (including phenoxy) is 1. The van der Waals surface area contributed by atoms with Crippen LogP contribution in [0, 0.1) is 0 Å². The third-order valence-corrected chi connectivity index (χ3v) is 3.94. The van der Waals surface area contributed by atoms with Gasteiger partial charge in [0.2, 0.25) is 0 Å². The van der Waals surface area contributed by atoms with E-state index in [0.717, 1.165) is 21.8 Å². The minimum absolute atomic E-state index is 0.821. The highest BCUT2D eigenvalue weighted by Crippen LogP contribution is 2.28. The standard InChI is InChI=1S/C14H14O2S2/c1-16-12-7-5-11(6-8-12)13(10-18(2)15)14-4-3-9-17-14/h3-10H,1-2H3/b13-10-/t18-/m0/s1. The van der Waals surface area contributed by atoms with Gasteiger partial charge in [-0.2, -0.15) is 0 Å². The Bertz CT molecular complexity index is 554. The predicted molar refractivity (Wildman–Crippen MR) is 78.5 cm³/mol. The summed E-state index contributed by atoms with van der Waals surface area (Å²) in [5.41, 5.74) is 2.06. The average molecular weight is 278 g/mol. The van der Waals surface area contributed by atoms with Crippen LogP contribution in [-0.4, -0.2) is 17.6 Å². The first-order chi connectivity index (χ1) is 8.70. The highest BCUT2D eigenvalue weighted by atomic mass is 32.2. The SMILES string of the molecule is COc1ccc(/C(=C/[S@](C)=O)c2cccs2)cc1. The minimum Gasteiger partial charge on any atom is -0.497 e. The largest absolute Gasteiger partial charge is 0.497 e. The molecule has 0 saturated heterocycles. The molecule has 0 bridgehead atoms. The Kier molecular flexibility index (Phi) is 4.33. The van der Waals surface area contributed by atoms with Crippen LogP contribution >= 0.6 is 11.3 Å². The Morgan fingerprint density at radius 3 is 2.50 bits per heavy atom. The van der Waals surface area contributed by atoms with Gasteiger partial charge in [0.25, 0.3) is 0 Å². The highest BCUT2D eigenvalue weighted by molar-refractivity contribution is 7.87. The molecule has 2 rings (SSSR count). The number of rotatable bonds is 4. The summed E-state index contributed by atoms with van der Waals surface area (Å²) in [5.74, 6) is 0.821. The minimum atomic E-state index is -0.975. The summed E-state index contributed by atoms with van der Waals surface area (Å²) < 4.78 is 16.6. The summed E-state index contributed by atoms with van der Waals surface area (Å²) in [6, 6.07) is 11.8. The second kappa shape index (κ2) is 5.98. The molecule has 0 amide bonds. The molecule has 0 radical (unpaired) electrons. The van der Waals surface area contributed by atoms with Crippen LogP contribution in [0.3, 0.4) is 0 Å². The predicted octanol–water partition coefficient (Wildman–Crippen LogP) is 3.52. The maximum atomic E-state index is 11.5. The molecule has 4 heteroatoms. The maximum Gasteiger partial charge on any atom is 0.118 e. The van der Waals surface area contributed by atoms with E-state index in [1.54, 1.807) is 30.1 Å². The lowest BCUT2D eigenvalue weighted by atomic mass is 10.1. The fraction of sp³-hybridized carbons (Fsp3) is 0.143. The van der Waals surface area contributed by atoms with Gasteiger partial charge in [-0.15, -0.1) is 11.3 Å². The molecule has 1 aromatic heterocycles. The van der Waals surface area contributed by atoms with Gasteiger partial charge >= 0.3 is 0 Å². The zero-order chi connectivity index (χ0) is 13.0. The molecule has 0 unspecified atom stereocenters. The molecule has 0 aliphatic carbocycles. The smallest absolute Gasteiger partial charge is 0.118 e. The lowest BCUT2D eigenvalue weighted by Crippen LogP contribution is -1.89. The van der Waals surface area contributed by atoms with Crippen LogP contribution in [0.1, 0.15) is 10.4 Å². The van der Waals surface area contributed by atoms with E-state index in [9.17, 15) is 4.21 Å². The molecule has 0 aliphatic rings. The molecule has 2 nitrogen and oxygen atoms in total. The van der Waals surface area contributed by atoms with Gasteiger partial charge in [0.15, 0.2) is 0 Å². The molecular weight excluding hydrogens is 264 g/mol. The van der Waals surface area contributed by atoms with E-state index in [4.69, 9.17) is 4.74 Å². The first-order valence-electron chi connectivity index (χ1n) is 5.43. The van der Waals surface area contributed by atoms with Gasteiger partial charge in [0.05, 0.1) is 7.11 Å². The second-order valence-electron chi connectivity index (χ2n) is 3.74. The Morgan fingerprint density at radius 1 is 1.28 bits per heavy atom. The van der Waals surface area contributed by atoms with E-state index in [-0.39, 0.29) is 0 Å². The van der Waals surface area contributed by atoms with Gasteiger partial charge in [-0.05, 0) is 29.1 Å². The fourth-order valence-corrected chi connectivity index (χ4v) is 3.07. The number of hydrogen-bond acceptors (Lipinski definition) is 3. The molecule has 0 N–H and O–H groups in total. The van der Waals surface area contributed by atoms with Gasteiger partial charge in [-0.25, -0.2) is 0 Å². The van der Waals surface area contributed by atoms with Crippen LogP contribution in [0.25, 0.3) is 5.57 Å². The second-order valence-corrected chi connectivity index (χ2v) is 5.92. The number of hydrogen-bond donors (Lipinski definition) is 0. The Balaban J connectivity index is 2.43. The topological polar surface area (TPSA) is 26.3 Å². The van der Waals surface area contributed by atoms with E-state index in [2.05, 4.69) is 0 Å². The molecule has 0 saturated carbocycles. The molecule has 0 fully saturated rings. The highest BCUT2D eigenvalue weighted by Gasteiger charge is 2.07. The van der Waals surface area contributed by atoms with E-state index in [0.29, 0.717) is 0 Å². The van der Waals surface area contributed by atoms with Crippen molar-refractivity contribution < 1.29 is 8.95 Å². The quantitative estimate of drug-likeness (QED) is 0.855. The van der Waals surface area contributed by atoms with E-state index in [1.165, 1.54) is 0 Å². The van der Waals surface area contributed by atoms with Crippen molar-refractivity contribution in [1.29, 1.82) is 0 Å². The average Bonchev–Trinajstić information content (AvgIpc) is 2.89. The first-order valence-corrected chi connectivity index (χ1v) is 7.93. The molecule has 94 valence electrons. The maximum absolute atomic E-state index is 11.5. The zero-order valence-corrected chi connectivity index (χ0v) is 11.9. The number of thiophene rings is 1. The molecular formula is C14H14O2S2. The van der Waals surface area contributed by atoms with Crippen LogP contribution in [0.2, 0.25) is 0 Å². The Labute approximate surface area is 113 Å². The summed E-state index contributed by atoms with van der Waals surface area (Å²) in [7, 11) is 0.670. The normalized spacial score (nSPS) is 13.3. The van der Waals surface area contributed by atoms with Gasteiger partial charge in [0.1, 0.15) is 5.75 Å². The van der Waals surface area contributed by atoms with Crippen LogP contribution in [0.5, 0.6) is 5.75 Å². The van der Waals surface area contributed by atoms with Crippen molar-refractivity contribution in [3.05, 3.63) is 57.6 Å². The molecule has 0 spiro atoms. The van der Waals surface area contributed by atoms with Gasteiger partial charge in [-0.3, -0.25) is 4.21 Å². The van der Waals surface area contributed by atoms with Crippen LogP contribution in [0.15, 0.2) is 47.2 Å². The van der Waals surface area contributed by atoms with Crippen molar-refractivity contribution in [2.75, 3.05) is 13.4 Å². The van der Waals surface area contributed by atoms with Crippen molar-refractivity contribution in [3.8, 4) is 5.75 Å². The van der Waals surface area contributed by atoms with Crippen molar-refractivity contribution in [1.82, 2.24) is 0 Å². The Hall–Kier alpha value is -1.39. The molecule has 1 atom stereocenters. The van der Waals surface area contributed by atoms with E-state index < -0.39 is 10.8 Å². The Morgan fingerprint density at radius 2 is 2.00 bits per heavy atom. The molecule has 0 aliphatic heterocycles. The van der Waals surface area contributed by atoms with Crippen molar-refractivity contribution >= 4 is 27.7 Å². The van der Waals surface area contributed by atoms with E-state index >= 15 is 0 Å².